The summed E-state index contributed by atoms with van der Waals surface area (Å²) in [6, 6.07) is 11.5. The Labute approximate surface area is 162 Å². The van der Waals surface area contributed by atoms with E-state index in [4.69, 9.17) is 11.6 Å². The van der Waals surface area contributed by atoms with E-state index in [1.54, 1.807) is 11.0 Å². The van der Waals surface area contributed by atoms with E-state index >= 15 is 0 Å². The Morgan fingerprint density at radius 2 is 1.81 bits per heavy atom. The van der Waals surface area contributed by atoms with Crippen LogP contribution in [0.3, 0.4) is 0 Å². The summed E-state index contributed by atoms with van der Waals surface area (Å²) in [7, 11) is 0. The Morgan fingerprint density at radius 3 is 2.52 bits per heavy atom. The monoisotopic (exact) mass is 389 g/mol. The second-order valence-electron chi connectivity index (χ2n) is 6.46. The van der Waals surface area contributed by atoms with Crippen LogP contribution in [0.15, 0.2) is 42.5 Å². The van der Waals surface area contributed by atoms with Crippen molar-refractivity contribution in [2.24, 2.45) is 0 Å². The zero-order chi connectivity index (χ0) is 19.4. The van der Waals surface area contributed by atoms with Crippen LogP contribution in [0.4, 0.5) is 10.1 Å². The van der Waals surface area contributed by atoms with Crippen molar-refractivity contribution in [2.45, 2.75) is 6.92 Å². The van der Waals surface area contributed by atoms with Gasteiger partial charge < -0.3 is 15.1 Å². The SMILES string of the molecule is Cc1ccc(Cl)cc1N1CCN(C(=O)CNC(=O)c2ccccc2F)CC1. The number of anilines is 1. The van der Waals surface area contributed by atoms with Crippen LogP contribution in [0.25, 0.3) is 0 Å². The van der Waals surface area contributed by atoms with E-state index in [9.17, 15) is 14.0 Å². The second-order valence-corrected chi connectivity index (χ2v) is 6.90. The first kappa shape index (κ1) is 19.2. The number of benzene rings is 2. The molecule has 5 nitrogen and oxygen atoms in total. The van der Waals surface area contributed by atoms with E-state index in [1.165, 1.54) is 18.2 Å². The zero-order valence-electron chi connectivity index (χ0n) is 15.0. The number of carbonyl (C=O) groups is 2. The summed E-state index contributed by atoms with van der Waals surface area (Å²) in [5, 5.41) is 3.18. The first-order chi connectivity index (χ1) is 13.0. The first-order valence-electron chi connectivity index (χ1n) is 8.77. The Morgan fingerprint density at radius 1 is 1.11 bits per heavy atom. The van der Waals surface area contributed by atoms with Crippen LogP contribution in [-0.4, -0.2) is 49.4 Å². The van der Waals surface area contributed by atoms with Crippen LogP contribution in [0, 0.1) is 12.7 Å². The minimum absolute atomic E-state index is 0.0634. The lowest BCUT2D eigenvalue weighted by molar-refractivity contribution is -0.130. The molecule has 0 saturated carbocycles. The fourth-order valence-corrected chi connectivity index (χ4v) is 3.29. The molecule has 27 heavy (non-hydrogen) atoms. The van der Waals surface area contributed by atoms with Crippen molar-refractivity contribution in [3.63, 3.8) is 0 Å². The third kappa shape index (κ3) is 4.57. The van der Waals surface area contributed by atoms with Crippen LogP contribution >= 0.6 is 11.6 Å². The molecular weight excluding hydrogens is 369 g/mol. The van der Waals surface area contributed by atoms with Crippen molar-refractivity contribution in [1.82, 2.24) is 10.2 Å². The van der Waals surface area contributed by atoms with E-state index in [0.717, 1.165) is 11.3 Å². The fourth-order valence-electron chi connectivity index (χ4n) is 3.13. The lowest BCUT2D eigenvalue weighted by atomic mass is 10.1. The summed E-state index contributed by atoms with van der Waals surface area (Å²) in [6.07, 6.45) is 0. The van der Waals surface area contributed by atoms with Crippen LogP contribution in [0.5, 0.6) is 0 Å². The molecule has 142 valence electrons. The van der Waals surface area contributed by atoms with Crippen molar-refractivity contribution in [3.8, 4) is 0 Å². The predicted octanol–water partition coefficient (Wildman–Crippen LogP) is 2.87. The summed E-state index contributed by atoms with van der Waals surface area (Å²) in [4.78, 5) is 28.3. The molecule has 0 aromatic heterocycles. The molecule has 0 spiro atoms. The minimum Gasteiger partial charge on any atom is -0.368 e. The molecule has 0 radical (unpaired) electrons. The van der Waals surface area contributed by atoms with Gasteiger partial charge in [-0.25, -0.2) is 4.39 Å². The van der Waals surface area contributed by atoms with E-state index in [1.807, 2.05) is 25.1 Å². The van der Waals surface area contributed by atoms with Gasteiger partial charge in [0, 0.05) is 36.9 Å². The fraction of sp³-hybridized carbons (Fsp3) is 0.300. The summed E-state index contributed by atoms with van der Waals surface area (Å²) in [6.45, 7) is 4.37. The van der Waals surface area contributed by atoms with Crippen molar-refractivity contribution in [3.05, 3.63) is 64.4 Å². The van der Waals surface area contributed by atoms with Crippen LogP contribution in [0.2, 0.25) is 5.02 Å². The average Bonchev–Trinajstić information content (AvgIpc) is 2.68. The van der Waals surface area contributed by atoms with Gasteiger partial charge in [-0.15, -0.1) is 0 Å². The molecular formula is C20H21ClFN3O2. The number of halogens is 2. The number of nitrogens with zero attached hydrogens (tertiary/aromatic N) is 2. The van der Waals surface area contributed by atoms with Gasteiger partial charge in [0.25, 0.3) is 5.91 Å². The minimum atomic E-state index is -0.604. The van der Waals surface area contributed by atoms with Gasteiger partial charge in [-0.05, 0) is 36.8 Å². The summed E-state index contributed by atoms with van der Waals surface area (Å²) < 4.78 is 13.6. The Balaban J connectivity index is 1.52. The third-order valence-corrected chi connectivity index (χ3v) is 4.90. The standard InChI is InChI=1S/C20H21ClFN3O2/c1-14-6-7-15(21)12-18(14)24-8-10-25(11-9-24)19(26)13-23-20(27)16-4-2-3-5-17(16)22/h2-7,12H,8-11,13H2,1H3,(H,23,27). The number of hydrogen-bond acceptors (Lipinski definition) is 3. The number of nitrogens with one attached hydrogen (secondary N) is 1. The number of amides is 2. The molecule has 0 bridgehead atoms. The van der Waals surface area contributed by atoms with Crippen molar-refractivity contribution < 1.29 is 14.0 Å². The molecule has 2 aromatic carbocycles. The summed E-state index contributed by atoms with van der Waals surface area (Å²) >= 11 is 6.09. The van der Waals surface area contributed by atoms with Gasteiger partial charge in [0.05, 0.1) is 12.1 Å². The topological polar surface area (TPSA) is 52.6 Å². The van der Waals surface area contributed by atoms with E-state index in [2.05, 4.69) is 10.2 Å². The van der Waals surface area contributed by atoms with Crippen molar-refractivity contribution in [1.29, 1.82) is 0 Å². The van der Waals surface area contributed by atoms with Gasteiger partial charge in [0.1, 0.15) is 5.82 Å². The molecule has 3 rings (SSSR count). The molecule has 1 heterocycles. The van der Waals surface area contributed by atoms with Gasteiger partial charge >= 0.3 is 0 Å². The molecule has 0 atom stereocenters. The van der Waals surface area contributed by atoms with Crippen LogP contribution in [0.1, 0.15) is 15.9 Å². The van der Waals surface area contributed by atoms with Crippen molar-refractivity contribution in [2.75, 3.05) is 37.6 Å². The summed E-state index contributed by atoms with van der Waals surface area (Å²) in [5.74, 6) is -1.37. The number of aryl methyl sites for hydroxylation is 1. The van der Waals surface area contributed by atoms with Crippen molar-refractivity contribution >= 4 is 29.1 Å². The molecule has 1 N–H and O–H groups in total. The molecule has 7 heteroatoms. The molecule has 0 unspecified atom stereocenters. The number of rotatable bonds is 4. The quantitative estimate of drug-likeness (QED) is 0.874. The largest absolute Gasteiger partial charge is 0.368 e. The third-order valence-electron chi connectivity index (χ3n) is 4.66. The van der Waals surface area contributed by atoms with E-state index in [0.29, 0.717) is 31.2 Å². The van der Waals surface area contributed by atoms with Crippen LogP contribution < -0.4 is 10.2 Å². The molecule has 1 saturated heterocycles. The predicted molar refractivity (Wildman–Crippen MR) is 104 cm³/mol. The van der Waals surface area contributed by atoms with Gasteiger partial charge in [-0.3, -0.25) is 9.59 Å². The average molecular weight is 390 g/mol. The van der Waals surface area contributed by atoms with Gasteiger partial charge in [0.15, 0.2) is 0 Å². The zero-order valence-corrected chi connectivity index (χ0v) is 15.8. The number of hydrogen-bond donors (Lipinski definition) is 1. The van der Waals surface area contributed by atoms with Gasteiger partial charge in [-0.1, -0.05) is 29.8 Å². The highest BCUT2D eigenvalue weighted by atomic mass is 35.5. The lowest BCUT2D eigenvalue weighted by Crippen LogP contribution is -2.51. The first-order valence-corrected chi connectivity index (χ1v) is 9.15. The molecule has 0 aliphatic carbocycles. The Hall–Kier alpha value is -2.60. The maximum Gasteiger partial charge on any atom is 0.254 e. The highest BCUT2D eigenvalue weighted by Gasteiger charge is 2.23. The van der Waals surface area contributed by atoms with E-state index in [-0.39, 0.29) is 18.0 Å². The molecule has 1 aliphatic rings. The summed E-state index contributed by atoms with van der Waals surface area (Å²) in [5.41, 5.74) is 2.14. The number of carbonyl (C=O) groups excluding carboxylic acids is 2. The van der Waals surface area contributed by atoms with Gasteiger partial charge in [0.2, 0.25) is 5.91 Å². The molecule has 1 fully saturated rings. The lowest BCUT2D eigenvalue weighted by Gasteiger charge is -2.37. The Bertz CT molecular complexity index is 851. The number of piperazine rings is 1. The molecule has 2 amide bonds. The van der Waals surface area contributed by atoms with E-state index < -0.39 is 11.7 Å². The second kappa shape index (κ2) is 8.39. The van der Waals surface area contributed by atoms with Crippen LogP contribution in [-0.2, 0) is 4.79 Å². The maximum atomic E-state index is 13.6. The molecule has 1 aliphatic heterocycles. The molecule has 2 aromatic rings. The Kier molecular flexibility index (Phi) is 5.96. The highest BCUT2D eigenvalue weighted by molar-refractivity contribution is 6.30. The smallest absolute Gasteiger partial charge is 0.254 e. The van der Waals surface area contributed by atoms with Gasteiger partial charge in [-0.2, -0.15) is 0 Å². The highest BCUT2D eigenvalue weighted by Crippen LogP contribution is 2.25. The normalized spacial score (nSPS) is 14.2. The maximum absolute atomic E-state index is 13.6.